The van der Waals surface area contributed by atoms with E-state index in [-0.39, 0.29) is 6.79 Å². The second kappa shape index (κ2) is 7.67. The summed E-state index contributed by atoms with van der Waals surface area (Å²) in [6, 6.07) is 7.06. The minimum absolute atomic E-state index is 0.0906. The molecule has 2 heterocycles. The number of hydrogen-bond acceptors (Lipinski definition) is 7. The Morgan fingerprint density at radius 1 is 1.20 bits per heavy atom. The lowest BCUT2D eigenvalue weighted by molar-refractivity contribution is 0.0227. The number of carbonyl (C=O) groups excluding carboxylic acids is 1. The first-order valence-electron chi connectivity index (χ1n) is 7.86. The van der Waals surface area contributed by atoms with E-state index in [0.29, 0.717) is 29.4 Å². The second-order valence-corrected chi connectivity index (χ2v) is 5.20. The van der Waals surface area contributed by atoms with E-state index in [0.717, 1.165) is 22.6 Å². The number of carbonyl (C=O) groups is 1. The Hall–Kier alpha value is -3.06. The van der Waals surface area contributed by atoms with Gasteiger partial charge in [0, 0.05) is 47.9 Å². The summed E-state index contributed by atoms with van der Waals surface area (Å²) in [5.41, 5.74) is 1.90. The highest BCUT2D eigenvalue weighted by Gasteiger charge is 2.15. The molecule has 0 bridgehead atoms. The van der Waals surface area contributed by atoms with Crippen LogP contribution in [0.2, 0.25) is 0 Å². The molecule has 7 nitrogen and oxygen atoms in total. The van der Waals surface area contributed by atoms with E-state index in [1.54, 1.807) is 37.6 Å². The maximum absolute atomic E-state index is 11.1. The standard InChI is InChI=1S/C18H18N4O3/c1-3-24-11-25-16-8-12(10-23)4-5-14(16)17-13-6-7-20-9-15(13)18(19-2)22-21-17/h4-10H,3,11H2,1-2H3,(H,19,22). The number of benzene rings is 1. The van der Waals surface area contributed by atoms with Crippen molar-refractivity contribution in [2.75, 3.05) is 25.8 Å². The Balaban J connectivity index is 2.15. The van der Waals surface area contributed by atoms with Gasteiger partial charge in [0.1, 0.15) is 17.7 Å². The topological polar surface area (TPSA) is 86.2 Å². The van der Waals surface area contributed by atoms with Gasteiger partial charge in [-0.25, -0.2) is 0 Å². The summed E-state index contributed by atoms with van der Waals surface area (Å²) in [6.07, 6.45) is 4.21. The number of nitrogens with one attached hydrogen (secondary N) is 1. The largest absolute Gasteiger partial charge is 0.467 e. The van der Waals surface area contributed by atoms with Gasteiger partial charge in [-0.1, -0.05) is 6.07 Å². The van der Waals surface area contributed by atoms with Gasteiger partial charge in [0.05, 0.1) is 0 Å². The molecule has 0 atom stereocenters. The zero-order valence-electron chi connectivity index (χ0n) is 14.0. The molecule has 128 valence electrons. The molecule has 0 amide bonds. The van der Waals surface area contributed by atoms with Crippen LogP contribution < -0.4 is 10.1 Å². The molecule has 1 N–H and O–H groups in total. The summed E-state index contributed by atoms with van der Waals surface area (Å²) in [4.78, 5) is 15.3. The second-order valence-electron chi connectivity index (χ2n) is 5.20. The molecule has 2 aromatic heterocycles. The number of aldehydes is 1. The van der Waals surface area contributed by atoms with E-state index in [9.17, 15) is 4.79 Å². The molecule has 1 aromatic carbocycles. The van der Waals surface area contributed by atoms with Crippen LogP contribution in [0.3, 0.4) is 0 Å². The van der Waals surface area contributed by atoms with Crippen LogP contribution in [-0.4, -0.2) is 41.9 Å². The fraction of sp³-hybridized carbons (Fsp3) is 0.222. The third kappa shape index (κ3) is 3.41. The summed E-state index contributed by atoms with van der Waals surface area (Å²) < 4.78 is 11.0. The molecule has 25 heavy (non-hydrogen) atoms. The highest BCUT2D eigenvalue weighted by atomic mass is 16.7. The molecule has 0 aliphatic heterocycles. The minimum Gasteiger partial charge on any atom is -0.467 e. The van der Waals surface area contributed by atoms with Crippen LogP contribution in [0, 0.1) is 0 Å². The number of hydrogen-bond donors (Lipinski definition) is 1. The van der Waals surface area contributed by atoms with Crippen molar-refractivity contribution >= 4 is 22.9 Å². The Labute approximate surface area is 145 Å². The van der Waals surface area contributed by atoms with Crippen molar-refractivity contribution in [3.8, 4) is 17.0 Å². The first kappa shape index (κ1) is 16.8. The highest BCUT2D eigenvalue weighted by Crippen LogP contribution is 2.35. The summed E-state index contributed by atoms with van der Waals surface area (Å²) in [5.74, 6) is 1.16. The van der Waals surface area contributed by atoms with Gasteiger partial charge in [-0.15, -0.1) is 10.2 Å². The molecule has 0 aliphatic carbocycles. The van der Waals surface area contributed by atoms with Crippen LogP contribution in [0.5, 0.6) is 5.75 Å². The third-order valence-electron chi connectivity index (χ3n) is 3.72. The molecule has 7 heteroatoms. The number of ether oxygens (including phenoxy) is 2. The van der Waals surface area contributed by atoms with Gasteiger partial charge in [-0.3, -0.25) is 9.78 Å². The normalized spacial score (nSPS) is 10.6. The van der Waals surface area contributed by atoms with Crippen molar-refractivity contribution in [2.24, 2.45) is 0 Å². The van der Waals surface area contributed by atoms with E-state index in [1.165, 1.54) is 0 Å². The molecule has 0 fully saturated rings. The molecule has 0 aliphatic rings. The van der Waals surface area contributed by atoms with Crippen molar-refractivity contribution in [1.29, 1.82) is 0 Å². The zero-order valence-corrected chi connectivity index (χ0v) is 14.0. The third-order valence-corrected chi connectivity index (χ3v) is 3.72. The van der Waals surface area contributed by atoms with Crippen LogP contribution in [0.1, 0.15) is 17.3 Å². The van der Waals surface area contributed by atoms with E-state index >= 15 is 0 Å². The van der Waals surface area contributed by atoms with E-state index in [4.69, 9.17) is 9.47 Å². The molecule has 0 unspecified atom stereocenters. The van der Waals surface area contributed by atoms with E-state index < -0.39 is 0 Å². The highest BCUT2D eigenvalue weighted by molar-refractivity contribution is 6.00. The molecule has 0 spiro atoms. The smallest absolute Gasteiger partial charge is 0.189 e. The summed E-state index contributed by atoms with van der Waals surface area (Å²) in [6.45, 7) is 2.51. The van der Waals surface area contributed by atoms with Crippen LogP contribution in [0.25, 0.3) is 22.0 Å². The van der Waals surface area contributed by atoms with E-state index in [1.807, 2.05) is 13.0 Å². The lowest BCUT2D eigenvalue weighted by Gasteiger charge is -2.13. The van der Waals surface area contributed by atoms with Crippen LogP contribution in [0.4, 0.5) is 5.82 Å². The van der Waals surface area contributed by atoms with Crippen molar-refractivity contribution in [3.05, 3.63) is 42.2 Å². The summed E-state index contributed by atoms with van der Waals surface area (Å²) in [7, 11) is 1.78. The van der Waals surface area contributed by atoms with Gasteiger partial charge in [0.15, 0.2) is 12.6 Å². The molecule has 0 radical (unpaired) electrons. The van der Waals surface area contributed by atoms with Crippen LogP contribution in [-0.2, 0) is 4.74 Å². The first-order chi connectivity index (χ1) is 12.3. The molecular weight excluding hydrogens is 320 g/mol. The predicted molar refractivity (Wildman–Crippen MR) is 94.8 cm³/mol. The Morgan fingerprint density at radius 2 is 2.08 bits per heavy atom. The molecule has 0 saturated heterocycles. The molecule has 3 aromatic rings. The van der Waals surface area contributed by atoms with Gasteiger partial charge in [0.25, 0.3) is 0 Å². The van der Waals surface area contributed by atoms with Gasteiger partial charge < -0.3 is 14.8 Å². The van der Waals surface area contributed by atoms with Gasteiger partial charge in [0.2, 0.25) is 0 Å². The minimum atomic E-state index is 0.0906. The van der Waals surface area contributed by atoms with Crippen LogP contribution >= 0.6 is 0 Å². The Kier molecular flexibility index (Phi) is 5.15. The lowest BCUT2D eigenvalue weighted by atomic mass is 10.0. The first-order valence-corrected chi connectivity index (χ1v) is 7.86. The fourth-order valence-corrected chi connectivity index (χ4v) is 2.50. The lowest BCUT2D eigenvalue weighted by Crippen LogP contribution is -2.05. The number of aromatic nitrogens is 3. The predicted octanol–water partition coefficient (Wildman–Crippen LogP) is 2.92. The number of pyridine rings is 1. The van der Waals surface area contributed by atoms with Crippen molar-refractivity contribution in [2.45, 2.75) is 6.92 Å². The van der Waals surface area contributed by atoms with Crippen LogP contribution in [0.15, 0.2) is 36.7 Å². The quantitative estimate of drug-likeness (QED) is 0.403. The zero-order chi connectivity index (χ0) is 17.6. The maximum atomic E-state index is 11.1. The average Bonchev–Trinajstić information content (AvgIpc) is 2.67. The number of anilines is 1. The Morgan fingerprint density at radius 3 is 2.84 bits per heavy atom. The number of rotatable bonds is 7. The average molecular weight is 338 g/mol. The van der Waals surface area contributed by atoms with Gasteiger partial charge in [-0.2, -0.15) is 0 Å². The monoisotopic (exact) mass is 338 g/mol. The van der Waals surface area contributed by atoms with Crippen molar-refractivity contribution < 1.29 is 14.3 Å². The summed E-state index contributed by atoms with van der Waals surface area (Å²) >= 11 is 0. The molecule has 3 rings (SSSR count). The van der Waals surface area contributed by atoms with Crippen molar-refractivity contribution in [1.82, 2.24) is 15.2 Å². The molecule has 0 saturated carbocycles. The summed E-state index contributed by atoms with van der Waals surface area (Å²) in [5, 5.41) is 13.3. The van der Waals surface area contributed by atoms with Gasteiger partial charge >= 0.3 is 0 Å². The SMILES string of the molecule is CCOCOc1cc(C=O)ccc1-c1nnc(NC)c2cnccc12. The number of nitrogens with zero attached hydrogens (tertiary/aromatic N) is 3. The maximum Gasteiger partial charge on any atom is 0.189 e. The van der Waals surface area contributed by atoms with Crippen molar-refractivity contribution in [3.63, 3.8) is 0 Å². The van der Waals surface area contributed by atoms with Gasteiger partial charge in [-0.05, 0) is 25.1 Å². The Bertz CT molecular complexity index is 899. The number of fused-ring (bicyclic) bond motifs is 1. The van der Waals surface area contributed by atoms with E-state index in [2.05, 4.69) is 20.5 Å². The fourth-order valence-electron chi connectivity index (χ4n) is 2.50. The molecular formula is C18H18N4O3.